The lowest BCUT2D eigenvalue weighted by Crippen LogP contribution is -2.68. The van der Waals surface area contributed by atoms with Crippen molar-refractivity contribution < 1.29 is 27.4 Å². The van der Waals surface area contributed by atoms with Gasteiger partial charge >= 0.3 is 6.09 Å². The average Bonchev–Trinajstić information content (AvgIpc) is 3.48. The minimum atomic E-state index is -2.64. The van der Waals surface area contributed by atoms with E-state index >= 15 is 4.39 Å². The number of halogens is 3. The molecule has 11 nitrogen and oxygen atoms in total. The molecular formula is C23H25F3N8O3. The van der Waals surface area contributed by atoms with E-state index in [4.69, 9.17) is 9.47 Å². The minimum Gasteiger partial charge on any atom is -0.441 e. The fourth-order valence-electron chi connectivity index (χ4n) is 5.70. The molecule has 3 saturated carbocycles. The second-order valence-corrected chi connectivity index (χ2v) is 10.6. The SMILES string of the molecule is O=C(NC12CC(C1)C2)OC1COC(c2cc(Nc3nccc4nc(CN5CC(F)(F)C5)cn34)n[nH]2)C1F. The van der Waals surface area contributed by atoms with E-state index in [0.717, 1.165) is 19.3 Å². The van der Waals surface area contributed by atoms with Gasteiger partial charge in [-0.2, -0.15) is 5.10 Å². The molecule has 1 amide bonds. The molecule has 3 aliphatic carbocycles. The topological polar surface area (TPSA) is 122 Å². The van der Waals surface area contributed by atoms with Gasteiger partial charge in [-0.1, -0.05) is 0 Å². The molecule has 5 aliphatic rings. The van der Waals surface area contributed by atoms with E-state index in [9.17, 15) is 13.6 Å². The number of amides is 1. The summed E-state index contributed by atoms with van der Waals surface area (Å²) in [7, 11) is 0. The molecule has 2 aliphatic heterocycles. The molecule has 3 aromatic rings. The van der Waals surface area contributed by atoms with Gasteiger partial charge in [0.25, 0.3) is 5.92 Å². The Labute approximate surface area is 208 Å². The first-order valence-electron chi connectivity index (χ1n) is 12.2. The minimum absolute atomic E-state index is 0.0573. The van der Waals surface area contributed by atoms with Crippen LogP contribution in [0.1, 0.15) is 36.8 Å². The summed E-state index contributed by atoms with van der Waals surface area (Å²) in [5.41, 5.74) is 1.47. The third kappa shape index (κ3) is 4.07. The number of aromatic amines is 1. The molecule has 3 aromatic heterocycles. The lowest BCUT2D eigenvalue weighted by molar-refractivity contribution is -0.134. The van der Waals surface area contributed by atoms with Crippen LogP contribution in [0, 0.1) is 5.92 Å². The molecule has 37 heavy (non-hydrogen) atoms. The van der Waals surface area contributed by atoms with Gasteiger partial charge in [0.15, 0.2) is 18.1 Å². The number of likely N-dealkylation sites (tertiary alicyclic amines) is 1. The largest absolute Gasteiger partial charge is 0.441 e. The van der Waals surface area contributed by atoms with Gasteiger partial charge < -0.3 is 20.1 Å². The van der Waals surface area contributed by atoms with Crippen molar-refractivity contribution in [1.82, 2.24) is 34.8 Å². The van der Waals surface area contributed by atoms with Crippen LogP contribution in [0.15, 0.2) is 24.5 Å². The molecule has 2 bridgehead atoms. The zero-order chi connectivity index (χ0) is 25.4. The fourth-order valence-corrected chi connectivity index (χ4v) is 5.70. The summed E-state index contributed by atoms with van der Waals surface area (Å²) in [5.74, 6) is -1.16. The maximum atomic E-state index is 15.1. The highest BCUT2D eigenvalue weighted by Gasteiger charge is 2.58. The molecule has 3 N–H and O–H groups in total. The molecule has 2 saturated heterocycles. The van der Waals surface area contributed by atoms with Crippen LogP contribution in [0.4, 0.5) is 29.7 Å². The van der Waals surface area contributed by atoms with E-state index in [1.807, 2.05) is 0 Å². The smallest absolute Gasteiger partial charge is 0.408 e. The molecular weight excluding hydrogens is 493 g/mol. The van der Waals surface area contributed by atoms with Gasteiger partial charge in [0, 0.05) is 30.5 Å². The van der Waals surface area contributed by atoms with Crippen molar-refractivity contribution >= 4 is 23.5 Å². The standard InChI is InChI=1S/C23H25F3N8O3/c24-18-15(37-21(35)30-22-4-12(5-22)6-22)9-36-19(18)14-3-16(32-31-14)29-20-27-2-1-17-28-13(8-34(17)20)7-33-10-23(25,26)11-33/h1-3,8,12,15,18-19H,4-7,9-11H2,(H,30,35)(H2,27,29,31,32). The number of alkyl halides is 3. The first-order valence-corrected chi connectivity index (χ1v) is 12.2. The number of anilines is 2. The number of aromatic nitrogens is 5. The van der Waals surface area contributed by atoms with E-state index in [1.165, 1.54) is 0 Å². The first-order chi connectivity index (χ1) is 17.7. The predicted octanol–water partition coefficient (Wildman–Crippen LogP) is 2.70. The fraction of sp³-hybridized carbons (Fsp3) is 0.565. The molecule has 5 fully saturated rings. The third-order valence-electron chi connectivity index (χ3n) is 7.62. The molecule has 3 unspecified atom stereocenters. The van der Waals surface area contributed by atoms with Crippen LogP contribution in [0.25, 0.3) is 5.65 Å². The highest BCUT2D eigenvalue weighted by Crippen LogP contribution is 2.57. The number of hydrogen-bond donors (Lipinski definition) is 3. The van der Waals surface area contributed by atoms with Gasteiger partial charge in [0.1, 0.15) is 11.8 Å². The average molecular weight is 519 g/mol. The van der Waals surface area contributed by atoms with Gasteiger partial charge in [-0.3, -0.25) is 14.4 Å². The van der Waals surface area contributed by atoms with E-state index in [2.05, 4.69) is 30.8 Å². The second-order valence-electron chi connectivity index (χ2n) is 10.6. The molecule has 3 atom stereocenters. The van der Waals surface area contributed by atoms with Gasteiger partial charge in [-0.05, 0) is 31.2 Å². The number of ether oxygens (including phenoxy) is 2. The summed E-state index contributed by atoms with van der Waals surface area (Å²) in [6.45, 7) is -0.311. The van der Waals surface area contributed by atoms with Crippen LogP contribution in [0.3, 0.4) is 0 Å². The number of H-pyrrole nitrogens is 1. The number of carbonyl (C=O) groups excluding carboxylic acids is 1. The number of nitrogens with zero attached hydrogens (tertiary/aromatic N) is 5. The maximum Gasteiger partial charge on any atom is 0.408 e. The molecule has 8 rings (SSSR count). The Kier molecular flexibility index (Phi) is 4.96. The van der Waals surface area contributed by atoms with Gasteiger partial charge in [0.05, 0.1) is 31.1 Å². The highest BCUT2D eigenvalue weighted by atomic mass is 19.3. The van der Waals surface area contributed by atoms with E-state index in [-0.39, 0.29) is 25.2 Å². The van der Waals surface area contributed by atoms with Gasteiger partial charge in [0.2, 0.25) is 5.95 Å². The Morgan fingerprint density at radius 2 is 2.11 bits per heavy atom. The van der Waals surface area contributed by atoms with Crippen LogP contribution in [0.5, 0.6) is 0 Å². The van der Waals surface area contributed by atoms with Crippen LogP contribution in [-0.4, -0.2) is 79.0 Å². The van der Waals surface area contributed by atoms with Crippen LogP contribution < -0.4 is 10.6 Å². The third-order valence-corrected chi connectivity index (χ3v) is 7.62. The van der Waals surface area contributed by atoms with Crippen molar-refractivity contribution in [2.24, 2.45) is 5.92 Å². The van der Waals surface area contributed by atoms with Crippen molar-refractivity contribution in [1.29, 1.82) is 0 Å². The van der Waals surface area contributed by atoms with Crippen molar-refractivity contribution in [2.75, 3.05) is 25.0 Å². The zero-order valence-electron chi connectivity index (χ0n) is 19.7. The normalized spacial score (nSPS) is 31.9. The molecule has 0 radical (unpaired) electrons. The summed E-state index contributed by atoms with van der Waals surface area (Å²) in [6, 6.07) is 3.31. The van der Waals surface area contributed by atoms with Crippen LogP contribution in [-0.2, 0) is 16.0 Å². The second kappa shape index (κ2) is 8.05. The molecule has 14 heteroatoms. The molecule has 5 heterocycles. The van der Waals surface area contributed by atoms with Crippen LogP contribution >= 0.6 is 0 Å². The number of fused-ring (bicyclic) bond motifs is 1. The van der Waals surface area contributed by atoms with Gasteiger partial charge in [-0.15, -0.1) is 0 Å². The monoisotopic (exact) mass is 518 g/mol. The van der Waals surface area contributed by atoms with Crippen molar-refractivity contribution in [3.05, 3.63) is 35.9 Å². The van der Waals surface area contributed by atoms with Crippen molar-refractivity contribution in [3.63, 3.8) is 0 Å². The van der Waals surface area contributed by atoms with Crippen LogP contribution in [0.2, 0.25) is 0 Å². The van der Waals surface area contributed by atoms with E-state index in [0.29, 0.717) is 41.3 Å². The lowest BCUT2D eigenvalue weighted by atomic mass is 9.50. The highest BCUT2D eigenvalue weighted by molar-refractivity contribution is 5.69. The summed E-state index contributed by atoms with van der Waals surface area (Å²) < 4.78 is 54.0. The number of rotatable bonds is 7. The number of imidazole rings is 1. The van der Waals surface area contributed by atoms with E-state index in [1.54, 1.807) is 33.8 Å². The number of carbonyl (C=O) groups is 1. The summed E-state index contributed by atoms with van der Waals surface area (Å²) in [4.78, 5) is 22.6. The number of nitrogens with one attached hydrogen (secondary N) is 3. The Balaban J connectivity index is 0.992. The van der Waals surface area contributed by atoms with Crippen molar-refractivity contribution in [2.45, 2.75) is 55.6 Å². The summed E-state index contributed by atoms with van der Waals surface area (Å²) in [5, 5.41) is 12.9. The molecule has 0 spiro atoms. The summed E-state index contributed by atoms with van der Waals surface area (Å²) in [6.07, 6.45) is 2.06. The molecule has 0 aromatic carbocycles. The Morgan fingerprint density at radius 3 is 2.84 bits per heavy atom. The number of alkyl carbamates (subject to hydrolysis) is 1. The predicted molar refractivity (Wildman–Crippen MR) is 122 cm³/mol. The first kappa shape index (κ1) is 22.8. The Hall–Kier alpha value is -3.39. The Morgan fingerprint density at radius 1 is 1.30 bits per heavy atom. The van der Waals surface area contributed by atoms with E-state index < -0.39 is 30.4 Å². The van der Waals surface area contributed by atoms with Gasteiger partial charge in [-0.25, -0.2) is 27.9 Å². The summed E-state index contributed by atoms with van der Waals surface area (Å²) >= 11 is 0. The Bertz CT molecular complexity index is 1340. The lowest BCUT2D eigenvalue weighted by Gasteiger charge is -2.61. The zero-order valence-corrected chi connectivity index (χ0v) is 19.7. The number of hydrogen-bond acceptors (Lipinski definition) is 8. The quantitative estimate of drug-likeness (QED) is 0.437. The maximum absolute atomic E-state index is 15.1. The van der Waals surface area contributed by atoms with Crippen molar-refractivity contribution in [3.8, 4) is 0 Å². The molecule has 196 valence electrons.